The Morgan fingerprint density at radius 2 is 1.93 bits per heavy atom. The molecular formula is C24H35N5O. The number of ether oxygens (including phenoxy) is 1. The molecule has 1 aromatic heterocycles. The summed E-state index contributed by atoms with van der Waals surface area (Å²) in [5, 5.41) is 6.79. The summed E-state index contributed by atoms with van der Waals surface area (Å²) in [6, 6.07) is 14.4. The highest BCUT2D eigenvalue weighted by molar-refractivity contribution is 5.79. The first-order chi connectivity index (χ1) is 14.8. The monoisotopic (exact) mass is 409 g/mol. The summed E-state index contributed by atoms with van der Waals surface area (Å²) in [5.41, 5.74) is 2.45. The van der Waals surface area contributed by atoms with Crippen molar-refractivity contribution in [2.75, 3.05) is 39.8 Å². The molecule has 0 bridgehead atoms. The van der Waals surface area contributed by atoms with E-state index in [1.807, 2.05) is 30.5 Å². The van der Waals surface area contributed by atoms with Gasteiger partial charge in [0.2, 0.25) is 0 Å². The van der Waals surface area contributed by atoms with Crippen LogP contribution in [0.3, 0.4) is 0 Å². The number of piperidine rings is 1. The molecule has 2 heterocycles. The van der Waals surface area contributed by atoms with E-state index in [0.717, 1.165) is 63.1 Å². The third-order valence-corrected chi connectivity index (χ3v) is 5.52. The number of aliphatic imine (C=N–C) groups is 1. The summed E-state index contributed by atoms with van der Waals surface area (Å²) in [7, 11) is 1.71. The summed E-state index contributed by atoms with van der Waals surface area (Å²) < 4.78 is 5.24. The fourth-order valence-corrected chi connectivity index (χ4v) is 3.73. The first-order valence-electron chi connectivity index (χ1n) is 11.0. The summed E-state index contributed by atoms with van der Waals surface area (Å²) in [4.78, 5) is 11.8. The van der Waals surface area contributed by atoms with E-state index in [2.05, 4.69) is 45.6 Å². The van der Waals surface area contributed by atoms with Gasteiger partial charge in [-0.05, 0) is 68.6 Å². The van der Waals surface area contributed by atoms with E-state index in [4.69, 9.17) is 9.73 Å². The molecule has 0 radical (unpaired) electrons. The molecule has 0 atom stereocenters. The number of hydrogen-bond acceptors (Lipinski definition) is 4. The number of pyridine rings is 1. The largest absolute Gasteiger partial charge is 0.497 e. The number of nitrogens with zero attached hydrogens (tertiary/aromatic N) is 3. The van der Waals surface area contributed by atoms with Crippen molar-refractivity contribution in [3.05, 3.63) is 59.9 Å². The van der Waals surface area contributed by atoms with Gasteiger partial charge in [-0.1, -0.05) is 18.2 Å². The Labute approximate surface area is 180 Å². The number of rotatable bonds is 9. The van der Waals surface area contributed by atoms with Crippen LogP contribution in [0.25, 0.3) is 0 Å². The molecule has 1 aromatic carbocycles. The van der Waals surface area contributed by atoms with Crippen molar-refractivity contribution in [2.45, 2.75) is 32.7 Å². The summed E-state index contributed by atoms with van der Waals surface area (Å²) in [6.07, 6.45) is 5.14. The van der Waals surface area contributed by atoms with Gasteiger partial charge >= 0.3 is 0 Å². The lowest BCUT2D eigenvalue weighted by Crippen LogP contribution is -2.39. The number of guanidine groups is 1. The Bertz CT molecular complexity index is 755. The number of hydrogen-bond donors (Lipinski definition) is 2. The Kier molecular flexibility index (Phi) is 8.97. The van der Waals surface area contributed by atoms with Crippen molar-refractivity contribution >= 4 is 5.96 Å². The Balaban J connectivity index is 1.39. The zero-order chi connectivity index (χ0) is 21.0. The molecule has 1 aliphatic rings. The number of likely N-dealkylation sites (tertiary alicyclic amines) is 1. The fraction of sp³-hybridized carbons (Fsp3) is 0.500. The molecule has 1 aliphatic heterocycles. The molecule has 6 heteroatoms. The molecule has 0 aliphatic carbocycles. The minimum Gasteiger partial charge on any atom is -0.497 e. The van der Waals surface area contributed by atoms with Gasteiger partial charge in [-0.2, -0.15) is 0 Å². The second kappa shape index (κ2) is 12.2. The lowest BCUT2D eigenvalue weighted by atomic mass is 9.96. The maximum atomic E-state index is 5.24. The van der Waals surface area contributed by atoms with Crippen molar-refractivity contribution in [3.63, 3.8) is 0 Å². The molecule has 1 fully saturated rings. The SMILES string of the molecule is CCNC(=NCC1CCN(Cc2ccc(OC)cc2)CC1)NCCc1ccccn1. The summed E-state index contributed by atoms with van der Waals surface area (Å²) >= 11 is 0. The van der Waals surface area contributed by atoms with E-state index >= 15 is 0 Å². The Hall–Kier alpha value is -2.60. The normalized spacial score (nSPS) is 15.7. The molecule has 0 saturated carbocycles. The van der Waals surface area contributed by atoms with Gasteiger partial charge in [-0.3, -0.25) is 14.9 Å². The maximum Gasteiger partial charge on any atom is 0.191 e. The van der Waals surface area contributed by atoms with E-state index in [-0.39, 0.29) is 0 Å². The van der Waals surface area contributed by atoms with Gasteiger partial charge < -0.3 is 15.4 Å². The van der Waals surface area contributed by atoms with Crippen LogP contribution in [0.1, 0.15) is 31.0 Å². The highest BCUT2D eigenvalue weighted by Gasteiger charge is 2.19. The minimum absolute atomic E-state index is 0.656. The zero-order valence-electron chi connectivity index (χ0n) is 18.3. The minimum atomic E-state index is 0.656. The number of benzene rings is 1. The average Bonchev–Trinajstić information content (AvgIpc) is 2.80. The molecule has 0 unspecified atom stereocenters. The molecule has 2 N–H and O–H groups in total. The van der Waals surface area contributed by atoms with Crippen molar-refractivity contribution in [1.29, 1.82) is 0 Å². The van der Waals surface area contributed by atoms with E-state index in [1.165, 1.54) is 18.4 Å². The number of methoxy groups -OCH3 is 1. The molecule has 30 heavy (non-hydrogen) atoms. The number of aromatic nitrogens is 1. The van der Waals surface area contributed by atoms with E-state index < -0.39 is 0 Å². The molecule has 0 spiro atoms. The van der Waals surface area contributed by atoms with Gasteiger partial charge in [0.1, 0.15) is 5.75 Å². The first kappa shape index (κ1) is 22.1. The van der Waals surface area contributed by atoms with Gasteiger partial charge in [0.05, 0.1) is 7.11 Å². The van der Waals surface area contributed by atoms with E-state index in [9.17, 15) is 0 Å². The Morgan fingerprint density at radius 1 is 1.13 bits per heavy atom. The molecule has 162 valence electrons. The molecule has 3 rings (SSSR count). The Morgan fingerprint density at radius 3 is 2.60 bits per heavy atom. The number of nitrogens with one attached hydrogen (secondary N) is 2. The van der Waals surface area contributed by atoms with Gasteiger partial charge in [0.15, 0.2) is 5.96 Å². The van der Waals surface area contributed by atoms with Crippen LogP contribution in [-0.4, -0.2) is 55.7 Å². The quantitative estimate of drug-likeness (QED) is 0.492. The lowest BCUT2D eigenvalue weighted by Gasteiger charge is -2.31. The van der Waals surface area contributed by atoms with Crippen LogP contribution in [0.4, 0.5) is 0 Å². The van der Waals surface area contributed by atoms with Crippen LogP contribution in [0, 0.1) is 5.92 Å². The first-order valence-corrected chi connectivity index (χ1v) is 11.0. The van der Waals surface area contributed by atoms with Crippen molar-refractivity contribution < 1.29 is 4.74 Å². The van der Waals surface area contributed by atoms with E-state index in [1.54, 1.807) is 7.11 Å². The second-order valence-electron chi connectivity index (χ2n) is 7.79. The van der Waals surface area contributed by atoms with Crippen LogP contribution in [0.5, 0.6) is 5.75 Å². The second-order valence-corrected chi connectivity index (χ2v) is 7.79. The molecule has 6 nitrogen and oxygen atoms in total. The third-order valence-electron chi connectivity index (χ3n) is 5.52. The van der Waals surface area contributed by atoms with Gasteiger partial charge in [-0.15, -0.1) is 0 Å². The third kappa shape index (κ3) is 7.34. The topological polar surface area (TPSA) is 61.8 Å². The lowest BCUT2D eigenvalue weighted by molar-refractivity contribution is 0.180. The predicted octanol–water partition coefficient (Wildman–Crippen LogP) is 3.10. The van der Waals surface area contributed by atoms with Crippen LogP contribution >= 0.6 is 0 Å². The van der Waals surface area contributed by atoms with Gasteiger partial charge in [-0.25, -0.2) is 0 Å². The van der Waals surface area contributed by atoms with Crippen LogP contribution in [-0.2, 0) is 13.0 Å². The molecular weight excluding hydrogens is 374 g/mol. The molecule has 2 aromatic rings. The highest BCUT2D eigenvalue weighted by atomic mass is 16.5. The summed E-state index contributed by atoms with van der Waals surface area (Å²) in [5.74, 6) is 2.48. The smallest absolute Gasteiger partial charge is 0.191 e. The van der Waals surface area contributed by atoms with Crippen molar-refractivity contribution in [2.24, 2.45) is 10.9 Å². The van der Waals surface area contributed by atoms with Gasteiger partial charge in [0.25, 0.3) is 0 Å². The van der Waals surface area contributed by atoms with E-state index in [0.29, 0.717) is 5.92 Å². The fourth-order valence-electron chi connectivity index (χ4n) is 3.73. The predicted molar refractivity (Wildman–Crippen MR) is 123 cm³/mol. The van der Waals surface area contributed by atoms with Crippen molar-refractivity contribution in [1.82, 2.24) is 20.5 Å². The van der Waals surface area contributed by atoms with Gasteiger partial charge in [0, 0.05) is 44.5 Å². The standard InChI is InChI=1S/C24H35N5O/c1-3-25-24(27-15-11-22-6-4-5-14-26-22)28-18-20-12-16-29(17-13-20)19-21-7-9-23(30-2)10-8-21/h4-10,14,20H,3,11-13,15-19H2,1-2H3,(H2,25,27,28). The average molecular weight is 410 g/mol. The molecule has 1 saturated heterocycles. The maximum absolute atomic E-state index is 5.24. The van der Waals surface area contributed by atoms with Crippen molar-refractivity contribution in [3.8, 4) is 5.75 Å². The summed E-state index contributed by atoms with van der Waals surface area (Å²) in [6.45, 7) is 7.98. The van der Waals surface area contributed by atoms with Crippen LogP contribution < -0.4 is 15.4 Å². The zero-order valence-corrected chi connectivity index (χ0v) is 18.3. The molecule has 0 amide bonds. The van der Waals surface area contributed by atoms with Crippen LogP contribution in [0.15, 0.2) is 53.7 Å². The van der Waals surface area contributed by atoms with Crippen LogP contribution in [0.2, 0.25) is 0 Å². The highest BCUT2D eigenvalue weighted by Crippen LogP contribution is 2.20.